The van der Waals surface area contributed by atoms with E-state index in [-0.39, 0.29) is 12.5 Å². The van der Waals surface area contributed by atoms with Crippen LogP contribution in [0.3, 0.4) is 0 Å². The van der Waals surface area contributed by atoms with Crippen molar-refractivity contribution in [2.45, 2.75) is 19.7 Å². The Balaban J connectivity index is 1.45. The van der Waals surface area contributed by atoms with Crippen LogP contribution in [0.1, 0.15) is 11.1 Å². The zero-order chi connectivity index (χ0) is 17.9. The lowest BCUT2D eigenvalue weighted by Gasteiger charge is -2.19. The molecule has 0 atom stereocenters. The predicted molar refractivity (Wildman–Crippen MR) is 96.8 cm³/mol. The van der Waals surface area contributed by atoms with Gasteiger partial charge in [-0.05, 0) is 29.8 Å². The van der Waals surface area contributed by atoms with E-state index in [4.69, 9.17) is 9.47 Å². The van der Waals surface area contributed by atoms with Crippen molar-refractivity contribution in [1.29, 1.82) is 0 Å². The summed E-state index contributed by atoms with van der Waals surface area (Å²) in [5, 5.41) is 7.31. The minimum Gasteiger partial charge on any atom is -0.497 e. The van der Waals surface area contributed by atoms with Crippen LogP contribution in [0.25, 0.3) is 11.3 Å². The molecule has 4 rings (SSSR count). The first-order valence-electron chi connectivity index (χ1n) is 8.41. The van der Waals surface area contributed by atoms with Gasteiger partial charge in [0.25, 0.3) is 0 Å². The van der Waals surface area contributed by atoms with Crippen molar-refractivity contribution < 1.29 is 14.3 Å². The van der Waals surface area contributed by atoms with Gasteiger partial charge >= 0.3 is 0 Å². The summed E-state index contributed by atoms with van der Waals surface area (Å²) in [5.41, 5.74) is 3.92. The van der Waals surface area contributed by atoms with Gasteiger partial charge in [-0.2, -0.15) is 5.10 Å². The largest absolute Gasteiger partial charge is 0.497 e. The minimum absolute atomic E-state index is 0.0873. The predicted octanol–water partition coefficient (Wildman–Crippen LogP) is 2.77. The molecule has 1 aliphatic heterocycles. The number of amides is 1. The van der Waals surface area contributed by atoms with Crippen LogP contribution < -0.4 is 14.8 Å². The molecule has 0 radical (unpaired) electrons. The van der Waals surface area contributed by atoms with Gasteiger partial charge in [0, 0.05) is 17.7 Å². The summed E-state index contributed by atoms with van der Waals surface area (Å²) in [5.74, 6) is 1.53. The highest BCUT2D eigenvalue weighted by Gasteiger charge is 2.22. The summed E-state index contributed by atoms with van der Waals surface area (Å²) in [6.45, 7) is 1.10. The Morgan fingerprint density at radius 3 is 2.85 bits per heavy atom. The number of nitrogens with zero attached hydrogens (tertiary/aromatic N) is 2. The lowest BCUT2D eigenvalue weighted by Crippen LogP contribution is -2.28. The Kier molecular flexibility index (Phi) is 4.31. The highest BCUT2D eigenvalue weighted by atomic mass is 16.5. The number of hydrogen-bond donors (Lipinski definition) is 1. The molecular formula is C20H19N3O3. The number of nitrogens with one attached hydrogen (secondary N) is 1. The van der Waals surface area contributed by atoms with E-state index in [0.717, 1.165) is 33.9 Å². The summed E-state index contributed by atoms with van der Waals surface area (Å²) >= 11 is 0. The summed E-state index contributed by atoms with van der Waals surface area (Å²) < 4.78 is 12.6. The maximum Gasteiger partial charge on any atom is 0.242 e. The lowest BCUT2D eigenvalue weighted by molar-refractivity contribution is -0.122. The number of rotatable bonds is 5. The fourth-order valence-corrected chi connectivity index (χ4v) is 3.04. The number of hydrogen-bond acceptors (Lipinski definition) is 4. The van der Waals surface area contributed by atoms with Crippen LogP contribution in [0, 0.1) is 0 Å². The number of ether oxygens (including phenoxy) is 2. The molecule has 0 aliphatic carbocycles. The molecule has 0 bridgehead atoms. The van der Waals surface area contributed by atoms with Gasteiger partial charge in [0.2, 0.25) is 5.91 Å². The summed E-state index contributed by atoms with van der Waals surface area (Å²) in [7, 11) is 1.63. The molecule has 1 aliphatic rings. The molecule has 1 N–H and O–H groups in total. The third-order valence-corrected chi connectivity index (χ3v) is 4.38. The van der Waals surface area contributed by atoms with Gasteiger partial charge in [-0.25, -0.2) is 0 Å². The van der Waals surface area contributed by atoms with Gasteiger partial charge in [-0.15, -0.1) is 0 Å². The van der Waals surface area contributed by atoms with E-state index in [1.54, 1.807) is 18.0 Å². The van der Waals surface area contributed by atoms with E-state index in [1.807, 2.05) is 48.5 Å². The molecule has 0 unspecified atom stereocenters. The summed E-state index contributed by atoms with van der Waals surface area (Å²) in [4.78, 5) is 12.4. The van der Waals surface area contributed by atoms with E-state index >= 15 is 0 Å². The standard InChI is InChI=1S/C20H19N3O3/c1-25-16-8-6-14(7-9-16)10-21-19(24)12-23-20-15(11-22-23)13-26-18-5-3-2-4-17(18)20/h2-9,11H,10,12-13H2,1H3,(H,21,24). The van der Waals surface area contributed by atoms with Crippen molar-refractivity contribution in [3.63, 3.8) is 0 Å². The molecule has 2 heterocycles. The minimum atomic E-state index is -0.0873. The molecule has 0 saturated carbocycles. The van der Waals surface area contributed by atoms with Crippen LogP contribution in [0.15, 0.2) is 54.7 Å². The number of fused-ring (bicyclic) bond motifs is 3. The van der Waals surface area contributed by atoms with Gasteiger partial charge < -0.3 is 14.8 Å². The first-order chi connectivity index (χ1) is 12.7. The van der Waals surface area contributed by atoms with E-state index in [1.165, 1.54) is 0 Å². The van der Waals surface area contributed by atoms with E-state index in [0.29, 0.717) is 13.2 Å². The SMILES string of the molecule is COc1ccc(CNC(=O)Cn2ncc3c2-c2ccccc2OC3)cc1. The highest BCUT2D eigenvalue weighted by Crippen LogP contribution is 2.36. The molecule has 6 heteroatoms. The molecule has 132 valence electrons. The first-order valence-corrected chi connectivity index (χ1v) is 8.41. The highest BCUT2D eigenvalue weighted by molar-refractivity contribution is 5.78. The average Bonchev–Trinajstić information content (AvgIpc) is 3.10. The molecule has 1 amide bonds. The number of methoxy groups -OCH3 is 1. The van der Waals surface area contributed by atoms with Crippen molar-refractivity contribution in [3.05, 3.63) is 65.9 Å². The lowest BCUT2D eigenvalue weighted by atomic mass is 10.0. The number of carbonyl (C=O) groups excluding carboxylic acids is 1. The quantitative estimate of drug-likeness (QED) is 0.769. The average molecular weight is 349 g/mol. The topological polar surface area (TPSA) is 65.4 Å². The van der Waals surface area contributed by atoms with Gasteiger partial charge in [0.05, 0.1) is 19.0 Å². The van der Waals surface area contributed by atoms with Crippen molar-refractivity contribution in [3.8, 4) is 22.8 Å². The fraction of sp³-hybridized carbons (Fsp3) is 0.200. The van der Waals surface area contributed by atoms with Crippen LogP contribution >= 0.6 is 0 Å². The van der Waals surface area contributed by atoms with Crippen LogP contribution in [-0.2, 0) is 24.5 Å². The van der Waals surface area contributed by atoms with E-state index in [2.05, 4.69) is 10.4 Å². The van der Waals surface area contributed by atoms with Crippen molar-refractivity contribution in [1.82, 2.24) is 15.1 Å². The van der Waals surface area contributed by atoms with Crippen LogP contribution in [0.5, 0.6) is 11.5 Å². The fourth-order valence-electron chi connectivity index (χ4n) is 3.04. The van der Waals surface area contributed by atoms with Gasteiger partial charge in [0.15, 0.2) is 0 Å². The Bertz CT molecular complexity index is 932. The number of para-hydroxylation sites is 1. The third kappa shape index (κ3) is 3.13. The monoisotopic (exact) mass is 349 g/mol. The number of benzene rings is 2. The third-order valence-electron chi connectivity index (χ3n) is 4.38. The van der Waals surface area contributed by atoms with Crippen molar-refractivity contribution >= 4 is 5.91 Å². The van der Waals surface area contributed by atoms with Crippen molar-refractivity contribution in [2.24, 2.45) is 0 Å². The summed E-state index contributed by atoms with van der Waals surface area (Å²) in [6, 6.07) is 15.4. The van der Waals surface area contributed by atoms with Crippen LogP contribution in [0.4, 0.5) is 0 Å². The molecule has 6 nitrogen and oxygen atoms in total. The maximum absolute atomic E-state index is 12.4. The maximum atomic E-state index is 12.4. The summed E-state index contributed by atoms with van der Waals surface area (Å²) in [6.07, 6.45) is 1.77. The van der Waals surface area contributed by atoms with Crippen molar-refractivity contribution in [2.75, 3.05) is 7.11 Å². The Hall–Kier alpha value is -3.28. The van der Waals surface area contributed by atoms with E-state index < -0.39 is 0 Å². The number of carbonyl (C=O) groups is 1. The van der Waals surface area contributed by atoms with Gasteiger partial charge in [-0.3, -0.25) is 9.48 Å². The van der Waals surface area contributed by atoms with Gasteiger partial charge in [-0.1, -0.05) is 24.3 Å². The molecule has 0 fully saturated rings. The normalized spacial score (nSPS) is 11.9. The molecule has 2 aromatic carbocycles. The zero-order valence-corrected chi connectivity index (χ0v) is 14.4. The van der Waals surface area contributed by atoms with Crippen LogP contribution in [0.2, 0.25) is 0 Å². The van der Waals surface area contributed by atoms with E-state index in [9.17, 15) is 4.79 Å². The smallest absolute Gasteiger partial charge is 0.242 e. The Labute approximate surface area is 151 Å². The molecule has 1 aromatic heterocycles. The molecular weight excluding hydrogens is 330 g/mol. The first kappa shape index (κ1) is 16.2. The second kappa shape index (κ2) is 6.92. The zero-order valence-electron chi connectivity index (χ0n) is 14.4. The second-order valence-corrected chi connectivity index (χ2v) is 6.09. The Morgan fingerprint density at radius 1 is 1.23 bits per heavy atom. The molecule has 0 spiro atoms. The second-order valence-electron chi connectivity index (χ2n) is 6.09. The molecule has 0 saturated heterocycles. The molecule has 26 heavy (non-hydrogen) atoms. The van der Waals surface area contributed by atoms with Crippen LogP contribution in [-0.4, -0.2) is 22.8 Å². The molecule has 3 aromatic rings. The Morgan fingerprint density at radius 2 is 2.04 bits per heavy atom. The number of aromatic nitrogens is 2. The van der Waals surface area contributed by atoms with Gasteiger partial charge in [0.1, 0.15) is 24.7 Å².